The molecular formula is C20H25F6N3O7S. The van der Waals surface area contributed by atoms with E-state index in [1.807, 2.05) is 12.3 Å². The fraction of sp³-hybridized carbons (Fsp3) is 0.650. The molecule has 1 aliphatic carbocycles. The van der Waals surface area contributed by atoms with Crippen molar-refractivity contribution in [1.82, 2.24) is 14.2 Å². The van der Waals surface area contributed by atoms with Gasteiger partial charge in [0.05, 0.1) is 18.0 Å². The minimum absolute atomic E-state index is 0.0439. The summed E-state index contributed by atoms with van der Waals surface area (Å²) in [4.78, 5) is 24.3. The highest BCUT2D eigenvalue weighted by atomic mass is 32.2. The summed E-state index contributed by atoms with van der Waals surface area (Å²) >= 11 is 0. The van der Waals surface area contributed by atoms with Crippen LogP contribution in [0.5, 0.6) is 0 Å². The van der Waals surface area contributed by atoms with E-state index in [-0.39, 0.29) is 17.3 Å². The summed E-state index contributed by atoms with van der Waals surface area (Å²) in [6.07, 6.45) is -4.81. The Morgan fingerprint density at radius 3 is 2.05 bits per heavy atom. The van der Waals surface area contributed by atoms with E-state index in [0.29, 0.717) is 19.7 Å². The number of aliphatic carboxylic acids is 2. The van der Waals surface area contributed by atoms with E-state index in [2.05, 4.69) is 16.0 Å². The highest BCUT2D eigenvalue weighted by Gasteiger charge is 2.47. The molecule has 0 radical (unpaired) electrons. The SMILES string of the molecule is O=C(O)C(F)(F)F.O=C(O)C(F)(F)F.O=S(=O)(C1CC1)N1C[C@@H]2CN(Cc3cccnc3)CCO[C@@H]2C1. The van der Waals surface area contributed by atoms with Gasteiger partial charge in [-0.1, -0.05) is 6.07 Å². The van der Waals surface area contributed by atoms with Crippen LogP contribution in [0.25, 0.3) is 0 Å². The summed E-state index contributed by atoms with van der Waals surface area (Å²) in [5.74, 6) is -5.25. The molecule has 1 aromatic heterocycles. The molecule has 10 nitrogen and oxygen atoms in total. The molecule has 0 amide bonds. The molecule has 17 heteroatoms. The number of nitrogens with zero attached hydrogens (tertiary/aromatic N) is 3. The average Bonchev–Trinajstić information content (AvgIpc) is 3.59. The van der Waals surface area contributed by atoms with E-state index >= 15 is 0 Å². The van der Waals surface area contributed by atoms with Gasteiger partial charge in [-0.3, -0.25) is 9.88 Å². The van der Waals surface area contributed by atoms with Crippen molar-refractivity contribution >= 4 is 22.0 Å². The Morgan fingerprint density at radius 2 is 1.59 bits per heavy atom. The van der Waals surface area contributed by atoms with Gasteiger partial charge in [0.1, 0.15) is 0 Å². The Kier molecular flexibility index (Phi) is 10.3. The number of ether oxygens (including phenoxy) is 1. The summed E-state index contributed by atoms with van der Waals surface area (Å²) in [6.45, 7) is 4.42. The molecule has 210 valence electrons. The predicted octanol–water partition coefficient (Wildman–Crippen LogP) is 1.97. The van der Waals surface area contributed by atoms with Crippen molar-refractivity contribution in [2.24, 2.45) is 5.92 Å². The van der Waals surface area contributed by atoms with E-state index in [4.69, 9.17) is 24.5 Å². The third-order valence-corrected chi connectivity index (χ3v) is 7.83. The number of pyridine rings is 1. The van der Waals surface area contributed by atoms with Crippen LogP contribution in [-0.2, 0) is 30.9 Å². The maximum atomic E-state index is 12.4. The summed E-state index contributed by atoms with van der Waals surface area (Å²) in [7, 11) is -3.09. The quantitative estimate of drug-likeness (QED) is 0.525. The molecule has 0 aromatic carbocycles. The zero-order chi connectivity index (χ0) is 28.0. The van der Waals surface area contributed by atoms with Crippen LogP contribution in [0.3, 0.4) is 0 Å². The molecule has 37 heavy (non-hydrogen) atoms. The molecule has 3 fully saturated rings. The molecule has 3 heterocycles. The molecule has 0 bridgehead atoms. The number of fused-ring (bicyclic) bond motifs is 1. The standard InChI is InChI=1S/C16H23N3O3S.2C2HF3O2/c20-23(21,15-3-4-15)19-11-14-10-18(6-7-22-16(14)12-19)9-13-2-1-5-17-8-13;2*3-2(4,5)1(6)7/h1-2,5,8,14-16H,3-4,6-7,9-12H2;2*(H,6,7)/t14-,16+;;/m0../s1. The smallest absolute Gasteiger partial charge is 0.475 e. The van der Waals surface area contributed by atoms with E-state index in [1.165, 1.54) is 5.56 Å². The minimum atomic E-state index is -5.08. The minimum Gasteiger partial charge on any atom is -0.475 e. The van der Waals surface area contributed by atoms with Gasteiger partial charge in [-0.25, -0.2) is 18.0 Å². The van der Waals surface area contributed by atoms with Crippen LogP contribution in [0.15, 0.2) is 24.5 Å². The number of carboxylic acids is 2. The lowest BCUT2D eigenvalue weighted by molar-refractivity contribution is -0.193. The van der Waals surface area contributed by atoms with Crippen molar-refractivity contribution in [3.05, 3.63) is 30.1 Å². The fourth-order valence-electron chi connectivity index (χ4n) is 3.60. The van der Waals surface area contributed by atoms with Gasteiger partial charge in [0.15, 0.2) is 0 Å². The summed E-state index contributed by atoms with van der Waals surface area (Å²) in [6, 6.07) is 4.03. The molecule has 2 aliphatic heterocycles. The second-order valence-electron chi connectivity index (χ2n) is 8.43. The summed E-state index contributed by atoms with van der Waals surface area (Å²) < 4.78 is 96.0. The molecular weight excluding hydrogens is 540 g/mol. The van der Waals surface area contributed by atoms with Gasteiger partial charge >= 0.3 is 24.3 Å². The molecule has 0 spiro atoms. The summed E-state index contributed by atoms with van der Waals surface area (Å²) in [5, 5.41) is 14.1. The highest BCUT2D eigenvalue weighted by Crippen LogP contribution is 2.35. The Labute approximate surface area is 207 Å². The lowest BCUT2D eigenvalue weighted by Gasteiger charge is -2.23. The number of halogens is 6. The summed E-state index contributed by atoms with van der Waals surface area (Å²) in [5.41, 5.74) is 1.19. The van der Waals surface area contributed by atoms with Crippen LogP contribution >= 0.6 is 0 Å². The van der Waals surface area contributed by atoms with Crippen molar-refractivity contribution in [2.75, 3.05) is 32.8 Å². The number of hydrogen-bond donors (Lipinski definition) is 2. The van der Waals surface area contributed by atoms with Crippen molar-refractivity contribution < 1.29 is 59.3 Å². The molecule has 0 unspecified atom stereocenters. The van der Waals surface area contributed by atoms with E-state index in [9.17, 15) is 34.8 Å². The second kappa shape index (κ2) is 12.4. The number of sulfonamides is 1. The van der Waals surface area contributed by atoms with Crippen molar-refractivity contribution in [3.63, 3.8) is 0 Å². The largest absolute Gasteiger partial charge is 0.490 e. The van der Waals surface area contributed by atoms with Gasteiger partial charge < -0.3 is 14.9 Å². The zero-order valence-electron chi connectivity index (χ0n) is 19.2. The third-order valence-electron chi connectivity index (χ3n) is 5.50. The second-order valence-corrected chi connectivity index (χ2v) is 10.6. The van der Waals surface area contributed by atoms with Crippen LogP contribution < -0.4 is 0 Å². The molecule has 2 atom stereocenters. The number of carbonyl (C=O) groups is 2. The van der Waals surface area contributed by atoms with Gasteiger partial charge in [-0.15, -0.1) is 0 Å². The zero-order valence-corrected chi connectivity index (χ0v) is 20.0. The van der Waals surface area contributed by atoms with Crippen molar-refractivity contribution in [3.8, 4) is 0 Å². The Bertz CT molecular complexity index is 995. The average molecular weight is 565 g/mol. The topological polar surface area (TPSA) is 137 Å². The number of carboxylic acid groups (broad SMARTS) is 2. The van der Waals surface area contributed by atoms with Gasteiger partial charge in [-0.2, -0.15) is 30.6 Å². The molecule has 2 N–H and O–H groups in total. The first-order chi connectivity index (χ1) is 17.0. The molecule has 2 saturated heterocycles. The van der Waals surface area contributed by atoms with E-state index in [1.54, 1.807) is 10.5 Å². The van der Waals surface area contributed by atoms with E-state index < -0.39 is 34.3 Å². The first-order valence-corrected chi connectivity index (χ1v) is 12.3. The van der Waals surface area contributed by atoms with Gasteiger partial charge in [-0.05, 0) is 24.5 Å². The van der Waals surface area contributed by atoms with Gasteiger partial charge in [0.2, 0.25) is 10.0 Å². The first kappa shape index (κ1) is 30.7. The number of aromatic nitrogens is 1. The monoisotopic (exact) mass is 565 g/mol. The van der Waals surface area contributed by atoms with Gasteiger partial charge in [0.25, 0.3) is 0 Å². The fourth-order valence-corrected chi connectivity index (χ4v) is 5.51. The molecule has 3 aliphatic rings. The Hall–Kier alpha value is -2.50. The van der Waals surface area contributed by atoms with Crippen molar-refractivity contribution in [1.29, 1.82) is 0 Å². The van der Waals surface area contributed by atoms with Crippen molar-refractivity contribution in [2.45, 2.75) is 43.1 Å². The maximum absolute atomic E-state index is 12.4. The third kappa shape index (κ3) is 9.71. The number of hydrogen-bond acceptors (Lipinski definition) is 7. The number of rotatable bonds is 4. The predicted molar refractivity (Wildman–Crippen MR) is 114 cm³/mol. The first-order valence-electron chi connectivity index (χ1n) is 10.8. The number of alkyl halides is 6. The Balaban J connectivity index is 0.000000286. The van der Waals surface area contributed by atoms with Crippen LogP contribution in [-0.4, -0.2) is 101 Å². The highest BCUT2D eigenvalue weighted by molar-refractivity contribution is 7.90. The van der Waals surface area contributed by atoms with E-state index in [0.717, 1.165) is 32.5 Å². The van der Waals surface area contributed by atoms with Crippen LogP contribution in [0.1, 0.15) is 18.4 Å². The maximum Gasteiger partial charge on any atom is 0.490 e. The normalized spacial score (nSPS) is 23.0. The van der Waals surface area contributed by atoms with Crippen LogP contribution in [0.4, 0.5) is 26.3 Å². The lowest BCUT2D eigenvalue weighted by Crippen LogP contribution is -2.35. The Morgan fingerprint density at radius 1 is 1.03 bits per heavy atom. The van der Waals surface area contributed by atoms with Gasteiger partial charge in [0, 0.05) is 51.0 Å². The van der Waals surface area contributed by atoms with Crippen LogP contribution in [0, 0.1) is 5.92 Å². The lowest BCUT2D eigenvalue weighted by atomic mass is 10.1. The molecule has 1 aromatic rings. The molecule has 4 rings (SSSR count). The van der Waals surface area contributed by atoms with Crippen LogP contribution in [0.2, 0.25) is 0 Å². The molecule has 1 saturated carbocycles.